The molecule has 0 spiro atoms. The molecule has 0 unspecified atom stereocenters. The molecule has 0 amide bonds. The van der Waals surface area contributed by atoms with Crippen LogP contribution in [0.25, 0.3) is 104 Å². The molecular weight excluding hydrogens is 645 g/mol. The van der Waals surface area contributed by atoms with Gasteiger partial charge in [0.05, 0.1) is 17.9 Å². The van der Waals surface area contributed by atoms with Crippen molar-refractivity contribution in [1.82, 2.24) is 19.5 Å². The third kappa shape index (κ3) is 4.43. The Hall–Kier alpha value is -6.63. The lowest BCUT2D eigenvalue weighted by atomic mass is 10.1. The molecule has 4 heterocycles. The van der Waals surface area contributed by atoms with Crippen LogP contribution in [0.2, 0.25) is 0 Å². The Morgan fingerprint density at radius 3 is 2.08 bits per heavy atom. The van der Waals surface area contributed by atoms with Crippen molar-refractivity contribution < 1.29 is 11.3 Å². The normalized spacial score (nSPS) is 13.3. The smallest absolute Gasteiger partial charge is 0.164 e. The predicted molar refractivity (Wildman–Crippen MR) is 211 cm³/mol. The van der Waals surface area contributed by atoms with Gasteiger partial charge in [-0.05, 0) is 54.6 Å². The first kappa shape index (κ1) is 23.7. The van der Waals surface area contributed by atoms with Crippen LogP contribution in [0.3, 0.4) is 0 Å². The van der Waals surface area contributed by atoms with Crippen molar-refractivity contribution in [3.8, 4) is 39.9 Å². The highest BCUT2D eigenvalue weighted by Gasteiger charge is 2.18. The van der Waals surface area contributed by atoms with E-state index in [1.807, 2.05) is 65.9 Å². The second-order valence-corrected chi connectivity index (χ2v) is 13.6. The standard InChI is InChI=1S/C45H26N4OS/c1-3-11-27(12-4-1)43-46-44(28-13-5-2-6-14-28)48-45(47-43)29-19-21-32-35-24-30(20-22-39(35)50-40(32)23-29)49-37-17-9-7-15-31(37)34-25-36-33-16-8-10-18-41(33)51-42(36)26-38(34)49/h1-26H/i1D,3D,4D,11D,12D. The van der Waals surface area contributed by atoms with Crippen molar-refractivity contribution in [2.75, 3.05) is 0 Å². The van der Waals surface area contributed by atoms with Gasteiger partial charge < -0.3 is 8.98 Å². The van der Waals surface area contributed by atoms with Crippen molar-refractivity contribution in [2.45, 2.75) is 0 Å². The molecule has 4 aromatic heterocycles. The van der Waals surface area contributed by atoms with Crippen molar-refractivity contribution >= 4 is 75.3 Å². The average molecular weight is 676 g/mol. The van der Waals surface area contributed by atoms with Crippen molar-refractivity contribution in [3.63, 3.8) is 0 Å². The third-order valence-electron chi connectivity index (χ3n) is 9.53. The summed E-state index contributed by atoms with van der Waals surface area (Å²) in [4.78, 5) is 14.1. The molecule has 0 saturated carbocycles. The highest BCUT2D eigenvalue weighted by molar-refractivity contribution is 7.25. The zero-order valence-corrected chi connectivity index (χ0v) is 27.5. The molecule has 0 atom stereocenters. The molecule has 51 heavy (non-hydrogen) atoms. The Morgan fingerprint density at radius 1 is 0.471 bits per heavy atom. The summed E-state index contributed by atoms with van der Waals surface area (Å²) in [6.07, 6.45) is 0. The molecule has 0 aliphatic carbocycles. The van der Waals surface area contributed by atoms with Gasteiger partial charge in [0.25, 0.3) is 0 Å². The number of nitrogens with zero attached hydrogens (tertiary/aromatic N) is 4. The summed E-state index contributed by atoms with van der Waals surface area (Å²) >= 11 is 1.81. The van der Waals surface area contributed by atoms with E-state index in [1.165, 1.54) is 30.9 Å². The Kier molecular flexibility index (Phi) is 5.08. The number of hydrogen-bond donors (Lipinski definition) is 0. The van der Waals surface area contributed by atoms with E-state index in [0.29, 0.717) is 22.5 Å². The van der Waals surface area contributed by atoms with Gasteiger partial charge in [-0.1, -0.05) is 103 Å². The van der Waals surface area contributed by atoms with Crippen LogP contribution in [0, 0.1) is 0 Å². The Morgan fingerprint density at radius 2 is 1.22 bits per heavy atom. The molecule has 7 aromatic carbocycles. The number of furan rings is 1. The van der Waals surface area contributed by atoms with Crippen LogP contribution in [0.1, 0.15) is 6.85 Å². The van der Waals surface area contributed by atoms with Crippen LogP contribution in [-0.2, 0) is 0 Å². The van der Waals surface area contributed by atoms with Crippen molar-refractivity contribution in [1.29, 1.82) is 0 Å². The topological polar surface area (TPSA) is 56.7 Å². The molecule has 238 valence electrons. The Bertz CT molecular complexity index is 3420. The Balaban J connectivity index is 1.08. The fourth-order valence-corrected chi connectivity index (χ4v) is 8.32. The first-order chi connectivity index (χ1) is 27.3. The molecule has 0 radical (unpaired) electrons. The highest BCUT2D eigenvalue weighted by Crippen LogP contribution is 2.41. The van der Waals surface area contributed by atoms with Crippen molar-refractivity contribution in [3.05, 3.63) is 158 Å². The number of aromatic nitrogens is 4. The lowest BCUT2D eigenvalue weighted by Gasteiger charge is -2.08. The molecule has 0 fully saturated rings. The van der Waals surface area contributed by atoms with Gasteiger partial charge in [-0.3, -0.25) is 0 Å². The zero-order chi connectivity index (χ0) is 37.8. The maximum Gasteiger partial charge on any atom is 0.164 e. The molecule has 0 saturated heterocycles. The molecule has 0 N–H and O–H groups in total. The van der Waals surface area contributed by atoms with E-state index in [2.05, 4.69) is 82.3 Å². The molecular formula is C45H26N4OS. The molecule has 0 bridgehead atoms. The van der Waals surface area contributed by atoms with Crippen LogP contribution in [0.4, 0.5) is 0 Å². The van der Waals surface area contributed by atoms with Crippen LogP contribution < -0.4 is 0 Å². The van der Waals surface area contributed by atoms with Gasteiger partial charge in [0.1, 0.15) is 11.2 Å². The fourth-order valence-electron chi connectivity index (χ4n) is 7.20. The molecule has 5 nitrogen and oxygen atoms in total. The third-order valence-corrected chi connectivity index (χ3v) is 10.7. The summed E-state index contributed by atoms with van der Waals surface area (Å²) in [5, 5.41) is 6.81. The number of hydrogen-bond acceptors (Lipinski definition) is 5. The van der Waals surface area contributed by atoms with Gasteiger partial charge in [-0.25, -0.2) is 15.0 Å². The number of fused-ring (bicyclic) bond motifs is 9. The summed E-state index contributed by atoms with van der Waals surface area (Å²) in [5.41, 5.74) is 5.87. The summed E-state index contributed by atoms with van der Waals surface area (Å²) in [6.45, 7) is 0. The SMILES string of the molecule is [2H]c1c([2H])c([2H])c(-c2nc(-c3ccccc3)nc(-c3ccc4c(c3)oc3ccc(-n5c6ccccc6c6cc7c(cc65)sc5ccccc57)cc34)n2)c([2H])c1[2H]. The first-order valence-electron chi connectivity index (χ1n) is 19.0. The minimum atomic E-state index is -0.480. The van der Waals surface area contributed by atoms with Crippen molar-refractivity contribution in [2.24, 2.45) is 0 Å². The molecule has 0 aliphatic heterocycles. The summed E-state index contributed by atoms with van der Waals surface area (Å²) in [5.74, 6) is 0.576. The first-order valence-corrected chi connectivity index (χ1v) is 17.3. The fraction of sp³-hybridized carbons (Fsp3) is 0. The number of rotatable bonds is 4. The van der Waals surface area contributed by atoms with E-state index >= 15 is 0 Å². The van der Waals surface area contributed by atoms with Crippen LogP contribution in [-0.4, -0.2) is 19.5 Å². The van der Waals surface area contributed by atoms with E-state index in [-0.39, 0.29) is 29.3 Å². The van der Waals surface area contributed by atoms with Gasteiger partial charge in [0.15, 0.2) is 17.5 Å². The lowest BCUT2D eigenvalue weighted by molar-refractivity contribution is 0.669. The van der Waals surface area contributed by atoms with Gasteiger partial charge in [-0.15, -0.1) is 11.3 Å². The molecule has 11 rings (SSSR count). The Labute approximate surface area is 302 Å². The van der Waals surface area contributed by atoms with E-state index < -0.39 is 18.1 Å². The van der Waals surface area contributed by atoms with E-state index in [1.54, 1.807) is 0 Å². The van der Waals surface area contributed by atoms with Crippen LogP contribution in [0.15, 0.2) is 162 Å². The summed E-state index contributed by atoms with van der Waals surface area (Å²) in [7, 11) is 0. The average Bonchev–Trinajstić information content (AvgIpc) is 3.90. The maximum absolute atomic E-state index is 8.62. The minimum absolute atomic E-state index is 0.0145. The monoisotopic (exact) mass is 675 g/mol. The van der Waals surface area contributed by atoms with Gasteiger partial charge in [0, 0.05) is 64.1 Å². The number of thiophene rings is 1. The largest absolute Gasteiger partial charge is 0.456 e. The van der Waals surface area contributed by atoms with Crippen LogP contribution in [0.5, 0.6) is 0 Å². The minimum Gasteiger partial charge on any atom is -0.456 e. The van der Waals surface area contributed by atoms with Gasteiger partial charge in [-0.2, -0.15) is 0 Å². The van der Waals surface area contributed by atoms with E-state index in [4.69, 9.17) is 21.2 Å². The predicted octanol–water partition coefficient (Wildman–Crippen LogP) is 12.2. The molecule has 6 heteroatoms. The van der Waals surface area contributed by atoms with Gasteiger partial charge >= 0.3 is 0 Å². The number of benzene rings is 7. The van der Waals surface area contributed by atoms with E-state index in [9.17, 15) is 0 Å². The second kappa shape index (κ2) is 10.9. The van der Waals surface area contributed by atoms with E-state index in [0.717, 1.165) is 33.1 Å². The number of para-hydroxylation sites is 1. The zero-order valence-electron chi connectivity index (χ0n) is 31.7. The lowest BCUT2D eigenvalue weighted by Crippen LogP contribution is -2.00. The van der Waals surface area contributed by atoms with Gasteiger partial charge in [0.2, 0.25) is 0 Å². The second-order valence-electron chi connectivity index (χ2n) is 12.5. The molecule has 0 aliphatic rings. The van der Waals surface area contributed by atoms with Crippen LogP contribution >= 0.6 is 11.3 Å². The molecule has 11 aromatic rings. The summed E-state index contributed by atoms with van der Waals surface area (Å²) in [6, 6.07) is 41.0. The maximum atomic E-state index is 8.62. The highest BCUT2D eigenvalue weighted by atomic mass is 32.1. The quantitative estimate of drug-likeness (QED) is 0.186. The summed E-state index contributed by atoms with van der Waals surface area (Å²) < 4.78 is 53.2.